The van der Waals surface area contributed by atoms with Crippen molar-refractivity contribution in [1.29, 1.82) is 0 Å². The number of nitrogens with zero attached hydrogens (tertiary/aromatic N) is 1. The predicted molar refractivity (Wildman–Crippen MR) is 138 cm³/mol. The number of hydrogen-bond acceptors (Lipinski definition) is 4. The first-order chi connectivity index (χ1) is 17.7. The molecule has 0 spiro atoms. The molecule has 1 aromatic heterocycles. The Labute approximate surface area is 219 Å². The number of carbonyl (C=O) groups excluding carboxylic acids is 1. The fourth-order valence-electron chi connectivity index (χ4n) is 5.57. The largest absolute Gasteiger partial charge is 0.416 e. The molecule has 2 aliphatic heterocycles. The first kappa shape index (κ1) is 26.6. The van der Waals surface area contributed by atoms with Crippen LogP contribution < -0.4 is 10.6 Å². The van der Waals surface area contributed by atoms with Crippen LogP contribution in [0.4, 0.5) is 17.6 Å². The molecule has 1 amide bonds. The second-order valence-corrected chi connectivity index (χ2v) is 12.0. The van der Waals surface area contributed by atoms with Gasteiger partial charge in [-0.05, 0) is 74.5 Å². The molecule has 0 radical (unpaired) electrons. The molecule has 37 heavy (non-hydrogen) atoms. The smallest absolute Gasteiger partial charge is 0.342 e. The maximum atomic E-state index is 15.5. The van der Waals surface area contributed by atoms with Crippen molar-refractivity contribution in [2.75, 3.05) is 32.7 Å². The van der Waals surface area contributed by atoms with Gasteiger partial charge in [0.05, 0.1) is 5.56 Å². The summed E-state index contributed by atoms with van der Waals surface area (Å²) in [7, 11) is 0. The lowest BCUT2D eigenvalue weighted by molar-refractivity contribution is -0.137. The number of rotatable bonds is 8. The summed E-state index contributed by atoms with van der Waals surface area (Å²) in [6, 6.07) is 9.46. The molecule has 2 N–H and O–H groups in total. The minimum absolute atomic E-state index is 0.164. The predicted octanol–water partition coefficient (Wildman–Crippen LogP) is 5.99. The van der Waals surface area contributed by atoms with E-state index in [-0.39, 0.29) is 11.9 Å². The number of nitrogens with one attached hydrogen (secondary N) is 2. The zero-order chi connectivity index (χ0) is 26.0. The van der Waals surface area contributed by atoms with Crippen LogP contribution in [0, 0.1) is 5.92 Å². The molecule has 0 bridgehead atoms. The van der Waals surface area contributed by atoms with Gasteiger partial charge in [0, 0.05) is 60.6 Å². The third kappa shape index (κ3) is 6.73. The summed E-state index contributed by atoms with van der Waals surface area (Å²) in [6.45, 7) is 3.34. The van der Waals surface area contributed by atoms with E-state index in [9.17, 15) is 18.0 Å². The zero-order valence-electron chi connectivity index (χ0n) is 21.0. The van der Waals surface area contributed by atoms with E-state index >= 15 is 4.39 Å². The van der Waals surface area contributed by atoms with Crippen molar-refractivity contribution in [3.05, 3.63) is 46.8 Å². The lowest BCUT2D eigenvalue weighted by atomic mass is 9.91. The summed E-state index contributed by atoms with van der Waals surface area (Å²) < 4.78 is 53.9. The van der Waals surface area contributed by atoms with E-state index in [2.05, 4.69) is 10.6 Å². The maximum absolute atomic E-state index is 15.5. The molecule has 2 aromatic rings. The molecule has 3 aliphatic rings. The first-order valence-electron chi connectivity index (χ1n) is 13.4. The fraction of sp³-hybridized carbons (Fsp3) is 0.607. The third-order valence-corrected chi connectivity index (χ3v) is 9.46. The van der Waals surface area contributed by atoms with Crippen LogP contribution in [0.25, 0.3) is 10.4 Å². The molecule has 4 nitrogen and oxygen atoms in total. The van der Waals surface area contributed by atoms with Gasteiger partial charge < -0.3 is 15.5 Å². The van der Waals surface area contributed by atoms with Gasteiger partial charge >= 0.3 is 6.18 Å². The van der Waals surface area contributed by atoms with E-state index in [1.54, 1.807) is 11.3 Å². The van der Waals surface area contributed by atoms with Crippen molar-refractivity contribution in [2.45, 2.75) is 68.8 Å². The number of benzene rings is 1. The maximum Gasteiger partial charge on any atom is 0.416 e. The highest BCUT2D eigenvalue weighted by Gasteiger charge is 2.42. The van der Waals surface area contributed by atoms with Gasteiger partial charge in [-0.1, -0.05) is 12.1 Å². The van der Waals surface area contributed by atoms with E-state index in [1.807, 2.05) is 17.0 Å². The monoisotopic (exact) mass is 537 g/mol. The Morgan fingerprint density at radius 3 is 2.46 bits per heavy atom. The van der Waals surface area contributed by atoms with Crippen LogP contribution >= 0.6 is 11.3 Å². The van der Waals surface area contributed by atoms with Crippen LogP contribution in [0.1, 0.15) is 61.3 Å². The average Bonchev–Trinajstić information content (AvgIpc) is 3.51. The summed E-state index contributed by atoms with van der Waals surface area (Å²) in [5.41, 5.74) is -1.17. The van der Waals surface area contributed by atoms with Crippen LogP contribution in [0.2, 0.25) is 0 Å². The summed E-state index contributed by atoms with van der Waals surface area (Å²) in [6.07, 6.45) is 1.12. The van der Waals surface area contributed by atoms with Gasteiger partial charge in [-0.15, -0.1) is 11.3 Å². The van der Waals surface area contributed by atoms with Crippen LogP contribution in [0.3, 0.4) is 0 Å². The summed E-state index contributed by atoms with van der Waals surface area (Å²) in [5, 5.41) is 6.75. The fourth-order valence-corrected chi connectivity index (χ4v) is 6.76. The molecular formula is C28H35F4N3OS. The number of thiophene rings is 1. The van der Waals surface area contributed by atoms with E-state index in [0.717, 1.165) is 61.3 Å². The molecular weight excluding hydrogens is 502 g/mol. The zero-order valence-corrected chi connectivity index (χ0v) is 21.8. The molecule has 2 saturated heterocycles. The van der Waals surface area contributed by atoms with Crippen molar-refractivity contribution in [2.24, 2.45) is 5.92 Å². The van der Waals surface area contributed by atoms with Gasteiger partial charge in [-0.3, -0.25) is 4.79 Å². The highest BCUT2D eigenvalue weighted by molar-refractivity contribution is 7.15. The molecule has 202 valence electrons. The summed E-state index contributed by atoms with van der Waals surface area (Å²) in [4.78, 5) is 16.6. The first-order valence-corrected chi connectivity index (χ1v) is 14.2. The number of halogens is 4. The number of amides is 1. The number of hydrogen-bond donors (Lipinski definition) is 2. The highest BCUT2D eigenvalue weighted by atomic mass is 32.1. The van der Waals surface area contributed by atoms with Gasteiger partial charge in [0.25, 0.3) is 0 Å². The van der Waals surface area contributed by atoms with Crippen LogP contribution in [-0.4, -0.2) is 55.2 Å². The van der Waals surface area contributed by atoms with Gasteiger partial charge in [-0.2, -0.15) is 13.2 Å². The van der Waals surface area contributed by atoms with E-state index in [0.29, 0.717) is 50.7 Å². The van der Waals surface area contributed by atoms with Gasteiger partial charge in [0.2, 0.25) is 5.91 Å². The van der Waals surface area contributed by atoms with Crippen molar-refractivity contribution in [1.82, 2.24) is 15.5 Å². The molecule has 1 aliphatic carbocycles. The molecule has 3 heterocycles. The van der Waals surface area contributed by atoms with E-state index < -0.39 is 17.4 Å². The standard InChI is InChI=1S/C28H35F4N3OS/c29-27(11-15-35(16-12-27)26(36)8-1-19-9-13-33-14-10-19)18-34-23-17-22(23)25-7-6-24(37-25)20-2-4-21(5-3-20)28(30,31)32/h2-7,19,22-23,33-34H,1,8-18H2. The molecule has 3 fully saturated rings. The Morgan fingerprint density at radius 1 is 1.08 bits per heavy atom. The average molecular weight is 538 g/mol. The third-order valence-electron chi connectivity index (χ3n) is 8.20. The van der Waals surface area contributed by atoms with Crippen molar-refractivity contribution in [3.63, 3.8) is 0 Å². The molecule has 2 unspecified atom stereocenters. The van der Waals surface area contributed by atoms with Crippen molar-refractivity contribution in [3.8, 4) is 10.4 Å². The molecule has 5 rings (SSSR count). The minimum Gasteiger partial charge on any atom is -0.342 e. The van der Waals surface area contributed by atoms with Gasteiger partial charge in [0.15, 0.2) is 0 Å². The summed E-state index contributed by atoms with van der Waals surface area (Å²) >= 11 is 1.59. The Balaban J connectivity index is 1.05. The van der Waals surface area contributed by atoms with E-state index in [4.69, 9.17) is 0 Å². The molecule has 2 atom stereocenters. The van der Waals surface area contributed by atoms with Crippen LogP contribution in [-0.2, 0) is 11.0 Å². The quantitative estimate of drug-likeness (QED) is 0.407. The Bertz CT molecular complexity index is 1060. The number of piperidine rings is 2. The molecule has 9 heteroatoms. The normalized spacial score (nSPS) is 24.3. The van der Waals surface area contributed by atoms with Crippen LogP contribution in [0.15, 0.2) is 36.4 Å². The number of carbonyl (C=O) groups is 1. The minimum atomic E-state index is -4.33. The summed E-state index contributed by atoms with van der Waals surface area (Å²) in [5.74, 6) is 1.10. The topological polar surface area (TPSA) is 44.4 Å². The Hall–Kier alpha value is -1.97. The lowest BCUT2D eigenvalue weighted by Crippen LogP contribution is -2.49. The van der Waals surface area contributed by atoms with Gasteiger partial charge in [-0.25, -0.2) is 4.39 Å². The SMILES string of the molecule is O=C(CCC1CCNCC1)N1CCC(F)(CNC2CC2c2ccc(-c3ccc(C(F)(F)F)cc3)s2)CC1. The van der Waals surface area contributed by atoms with E-state index in [1.165, 1.54) is 17.0 Å². The Kier molecular flexibility index (Phi) is 7.93. The number of alkyl halides is 4. The second kappa shape index (κ2) is 11.0. The molecule has 1 aromatic carbocycles. The Morgan fingerprint density at radius 2 is 1.78 bits per heavy atom. The van der Waals surface area contributed by atoms with Crippen LogP contribution in [0.5, 0.6) is 0 Å². The highest BCUT2D eigenvalue weighted by Crippen LogP contribution is 2.46. The van der Waals surface area contributed by atoms with Crippen molar-refractivity contribution >= 4 is 17.2 Å². The van der Waals surface area contributed by atoms with Gasteiger partial charge in [0.1, 0.15) is 5.67 Å². The lowest BCUT2D eigenvalue weighted by Gasteiger charge is -2.37. The number of likely N-dealkylation sites (tertiary alicyclic amines) is 1. The second-order valence-electron chi connectivity index (χ2n) is 10.9. The van der Waals surface area contributed by atoms with Crippen molar-refractivity contribution < 1.29 is 22.4 Å². The molecule has 1 saturated carbocycles.